The lowest BCUT2D eigenvalue weighted by Gasteiger charge is -2.64. The van der Waals surface area contributed by atoms with E-state index in [4.69, 9.17) is 10.5 Å². The molecule has 3 N–H and O–H groups in total. The van der Waals surface area contributed by atoms with Crippen LogP contribution in [0.25, 0.3) is 0 Å². The Balaban J connectivity index is 1.57. The van der Waals surface area contributed by atoms with Crippen molar-refractivity contribution in [3.63, 3.8) is 0 Å². The number of likely N-dealkylation sites (tertiary alicyclic amines) is 1. The molecule has 1 unspecified atom stereocenters. The highest BCUT2D eigenvalue weighted by Crippen LogP contribution is 2.65. The number of benzene rings is 1. The third-order valence-electron chi connectivity index (χ3n) is 8.34. The standard InChI is InChI=1S/C22H28N2O3/c1-12-6-7-22(26)16-10-14-4-5-15(20(23)25)18-17(14)21(22,19(12)27-18)8-9-24(16)11-13-2-3-13/h4-5,12-13,16,19,26H,2-3,6-11H2,1H3,(H2,23,25)/t12-,16-,19?,21+,22-/m1/s1. The summed E-state index contributed by atoms with van der Waals surface area (Å²) in [4.78, 5) is 14.6. The predicted molar refractivity (Wildman–Crippen MR) is 101 cm³/mol. The summed E-state index contributed by atoms with van der Waals surface area (Å²) in [5, 5.41) is 12.2. The normalized spacial score (nSPS) is 41.8. The summed E-state index contributed by atoms with van der Waals surface area (Å²) in [6.45, 7) is 4.36. The molecule has 5 aliphatic rings. The second kappa shape index (κ2) is 5.06. The molecule has 1 aromatic rings. The van der Waals surface area contributed by atoms with Crippen LogP contribution < -0.4 is 10.5 Å². The molecule has 3 aliphatic carbocycles. The maximum absolute atomic E-state index is 12.2. The number of nitrogens with zero attached hydrogens (tertiary/aromatic N) is 1. The topological polar surface area (TPSA) is 75.8 Å². The Labute approximate surface area is 159 Å². The lowest BCUT2D eigenvalue weighted by Crippen LogP contribution is -2.76. The summed E-state index contributed by atoms with van der Waals surface area (Å²) < 4.78 is 6.50. The molecule has 6 rings (SSSR count). The fraction of sp³-hybridized carbons (Fsp3) is 0.682. The largest absolute Gasteiger partial charge is 0.488 e. The van der Waals surface area contributed by atoms with Crippen LogP contribution in [0.15, 0.2) is 12.1 Å². The van der Waals surface area contributed by atoms with Gasteiger partial charge in [-0.05, 0) is 68.5 Å². The summed E-state index contributed by atoms with van der Waals surface area (Å²) in [5.41, 5.74) is 7.35. The molecular formula is C22H28N2O3. The number of hydrogen-bond acceptors (Lipinski definition) is 4. The average molecular weight is 368 g/mol. The van der Waals surface area contributed by atoms with E-state index < -0.39 is 11.5 Å². The number of aliphatic hydroxyl groups is 1. The molecule has 5 heteroatoms. The minimum Gasteiger partial charge on any atom is -0.488 e. The molecule has 1 saturated heterocycles. The molecule has 1 spiro atoms. The molecule has 1 amide bonds. The van der Waals surface area contributed by atoms with Gasteiger partial charge in [-0.1, -0.05) is 13.0 Å². The molecule has 3 fully saturated rings. The maximum atomic E-state index is 12.2. The second-order valence-electron chi connectivity index (χ2n) is 9.70. The Morgan fingerprint density at radius 3 is 2.89 bits per heavy atom. The van der Waals surface area contributed by atoms with Gasteiger partial charge in [0.2, 0.25) is 0 Å². The van der Waals surface area contributed by atoms with Crippen LogP contribution in [0, 0.1) is 11.8 Å². The number of amides is 1. The first-order valence-electron chi connectivity index (χ1n) is 10.5. The zero-order valence-corrected chi connectivity index (χ0v) is 15.9. The Morgan fingerprint density at radius 1 is 1.33 bits per heavy atom. The summed E-state index contributed by atoms with van der Waals surface area (Å²) in [6, 6.07) is 4.06. The fourth-order valence-corrected chi connectivity index (χ4v) is 6.94. The Kier molecular flexibility index (Phi) is 3.07. The lowest BCUT2D eigenvalue weighted by molar-refractivity contribution is -0.196. The summed E-state index contributed by atoms with van der Waals surface area (Å²) >= 11 is 0. The summed E-state index contributed by atoms with van der Waals surface area (Å²) in [7, 11) is 0. The second-order valence-corrected chi connectivity index (χ2v) is 9.70. The SMILES string of the molecule is C[C@@H]1CC[C@@]2(O)[C@H]3Cc4ccc(C(N)=O)c5c4[C@@]2(CCN3CC2CC2)C1O5. The van der Waals surface area contributed by atoms with Gasteiger partial charge in [-0.2, -0.15) is 0 Å². The van der Waals surface area contributed by atoms with Gasteiger partial charge < -0.3 is 15.6 Å². The van der Waals surface area contributed by atoms with E-state index in [1.165, 1.54) is 18.4 Å². The monoisotopic (exact) mass is 368 g/mol. The highest BCUT2D eigenvalue weighted by atomic mass is 16.5. The third kappa shape index (κ3) is 1.85. The van der Waals surface area contributed by atoms with Crippen molar-refractivity contribution in [2.45, 2.75) is 68.6 Å². The zero-order chi connectivity index (χ0) is 18.6. The molecule has 1 aromatic carbocycles. The van der Waals surface area contributed by atoms with Gasteiger partial charge >= 0.3 is 0 Å². The lowest BCUT2D eigenvalue weighted by atomic mass is 9.47. The van der Waals surface area contributed by atoms with E-state index in [0.29, 0.717) is 17.2 Å². The average Bonchev–Trinajstić information content (AvgIpc) is 3.37. The Hall–Kier alpha value is -1.59. The highest BCUT2D eigenvalue weighted by Gasteiger charge is 2.72. The van der Waals surface area contributed by atoms with Crippen LogP contribution in [0.4, 0.5) is 0 Å². The predicted octanol–water partition coefficient (Wildman–Crippen LogP) is 1.99. The van der Waals surface area contributed by atoms with Crippen LogP contribution in [0.1, 0.15) is 60.5 Å². The molecular weight excluding hydrogens is 340 g/mol. The Morgan fingerprint density at radius 2 is 2.15 bits per heavy atom. The van der Waals surface area contributed by atoms with E-state index in [1.807, 2.05) is 6.07 Å². The van der Waals surface area contributed by atoms with Crippen LogP contribution >= 0.6 is 0 Å². The van der Waals surface area contributed by atoms with Crippen LogP contribution in [-0.4, -0.2) is 46.7 Å². The maximum Gasteiger partial charge on any atom is 0.252 e. The first-order valence-corrected chi connectivity index (χ1v) is 10.5. The van der Waals surface area contributed by atoms with Crippen molar-refractivity contribution >= 4 is 5.91 Å². The van der Waals surface area contributed by atoms with E-state index in [0.717, 1.165) is 50.3 Å². The van der Waals surface area contributed by atoms with Gasteiger partial charge in [0.25, 0.3) is 5.91 Å². The van der Waals surface area contributed by atoms with E-state index in [-0.39, 0.29) is 17.6 Å². The molecule has 2 heterocycles. The van der Waals surface area contributed by atoms with Gasteiger partial charge in [-0.25, -0.2) is 0 Å². The van der Waals surface area contributed by atoms with E-state index in [1.54, 1.807) is 0 Å². The van der Waals surface area contributed by atoms with Gasteiger partial charge in [-0.15, -0.1) is 0 Å². The number of primary amides is 1. The van der Waals surface area contributed by atoms with Crippen molar-refractivity contribution in [1.29, 1.82) is 0 Å². The number of piperidine rings is 1. The number of hydrogen-bond donors (Lipinski definition) is 2. The van der Waals surface area contributed by atoms with Gasteiger partial charge in [0.15, 0.2) is 0 Å². The van der Waals surface area contributed by atoms with Crippen molar-refractivity contribution < 1.29 is 14.6 Å². The van der Waals surface area contributed by atoms with Crippen LogP contribution in [0.3, 0.4) is 0 Å². The van der Waals surface area contributed by atoms with E-state index >= 15 is 0 Å². The van der Waals surface area contributed by atoms with Crippen LogP contribution in [0.2, 0.25) is 0 Å². The molecule has 2 saturated carbocycles. The van der Waals surface area contributed by atoms with Gasteiger partial charge in [0.05, 0.1) is 16.6 Å². The number of nitrogens with two attached hydrogens (primary N) is 1. The minimum atomic E-state index is -0.772. The number of carbonyl (C=O) groups is 1. The molecule has 5 atom stereocenters. The third-order valence-corrected chi connectivity index (χ3v) is 8.34. The number of rotatable bonds is 3. The molecule has 0 aromatic heterocycles. The van der Waals surface area contributed by atoms with Crippen LogP contribution in [0.5, 0.6) is 5.75 Å². The molecule has 144 valence electrons. The quantitative estimate of drug-likeness (QED) is 0.855. The Bertz CT molecular complexity index is 850. The van der Waals surface area contributed by atoms with Gasteiger partial charge in [-0.3, -0.25) is 9.69 Å². The highest BCUT2D eigenvalue weighted by molar-refractivity contribution is 5.97. The molecule has 0 radical (unpaired) electrons. The van der Waals surface area contributed by atoms with Gasteiger partial charge in [0, 0.05) is 18.2 Å². The first-order chi connectivity index (χ1) is 13.0. The number of carbonyl (C=O) groups excluding carboxylic acids is 1. The first kappa shape index (κ1) is 16.4. The van der Waals surface area contributed by atoms with Crippen molar-refractivity contribution in [2.75, 3.05) is 13.1 Å². The van der Waals surface area contributed by atoms with Gasteiger partial charge in [0.1, 0.15) is 11.9 Å². The zero-order valence-electron chi connectivity index (χ0n) is 15.9. The summed E-state index contributed by atoms with van der Waals surface area (Å²) in [5.74, 6) is 1.41. The van der Waals surface area contributed by atoms with E-state index in [9.17, 15) is 9.90 Å². The smallest absolute Gasteiger partial charge is 0.252 e. The molecule has 27 heavy (non-hydrogen) atoms. The molecule has 2 aliphatic heterocycles. The van der Waals surface area contributed by atoms with Crippen molar-refractivity contribution in [3.05, 3.63) is 28.8 Å². The van der Waals surface area contributed by atoms with Crippen molar-refractivity contribution in [2.24, 2.45) is 17.6 Å². The van der Waals surface area contributed by atoms with Crippen LogP contribution in [-0.2, 0) is 11.8 Å². The van der Waals surface area contributed by atoms with Crippen molar-refractivity contribution in [1.82, 2.24) is 4.90 Å². The fourth-order valence-electron chi connectivity index (χ4n) is 6.94. The van der Waals surface area contributed by atoms with E-state index in [2.05, 4.69) is 17.9 Å². The summed E-state index contributed by atoms with van der Waals surface area (Å²) in [6.07, 6.45) is 6.14. The minimum absolute atomic E-state index is 0.0589. The molecule has 2 bridgehead atoms. The number of ether oxygens (including phenoxy) is 1. The molecule has 5 nitrogen and oxygen atoms in total. The van der Waals surface area contributed by atoms with Crippen molar-refractivity contribution in [3.8, 4) is 5.75 Å².